The Labute approximate surface area is 452 Å². The van der Waals surface area contributed by atoms with Crippen molar-refractivity contribution in [2.75, 3.05) is 47.5 Å². The molecule has 0 aromatic rings. The number of quaternary nitrogens is 1. The van der Waals surface area contributed by atoms with Crippen molar-refractivity contribution in [2.45, 2.75) is 309 Å². The lowest BCUT2D eigenvalue weighted by molar-refractivity contribution is -0.870. The number of ether oxygens (including phenoxy) is 2. The zero-order valence-electron chi connectivity index (χ0n) is 48.9. The maximum absolute atomic E-state index is 12.8. The summed E-state index contributed by atoms with van der Waals surface area (Å²) in [5, 5.41) is 0. The molecule has 0 bridgehead atoms. The van der Waals surface area contributed by atoms with Gasteiger partial charge in [0.1, 0.15) is 19.8 Å². The molecule has 0 saturated heterocycles. The van der Waals surface area contributed by atoms with Crippen LogP contribution in [0.2, 0.25) is 0 Å². The van der Waals surface area contributed by atoms with E-state index < -0.39 is 26.5 Å². The Hall–Kier alpha value is -1.77. The van der Waals surface area contributed by atoms with E-state index in [2.05, 4.69) is 50.3 Å². The molecule has 9 nitrogen and oxygen atoms in total. The van der Waals surface area contributed by atoms with E-state index in [1.165, 1.54) is 225 Å². The Morgan fingerprint density at radius 1 is 0.425 bits per heavy atom. The third-order valence-electron chi connectivity index (χ3n) is 13.9. The fraction of sp³-hybridized carbons (Fsp3) is 0.873. The van der Waals surface area contributed by atoms with Gasteiger partial charge in [-0.2, -0.15) is 0 Å². The molecule has 0 fully saturated rings. The second-order valence-electron chi connectivity index (χ2n) is 22.5. The minimum Gasteiger partial charge on any atom is -0.462 e. The van der Waals surface area contributed by atoms with E-state index in [-0.39, 0.29) is 25.6 Å². The average molecular weight is 1050 g/mol. The number of phosphoric ester groups is 1. The molecule has 0 heterocycles. The van der Waals surface area contributed by atoms with Crippen LogP contribution in [0.3, 0.4) is 0 Å². The molecule has 0 aliphatic heterocycles. The van der Waals surface area contributed by atoms with Gasteiger partial charge in [0.15, 0.2) is 6.10 Å². The first-order valence-electron chi connectivity index (χ1n) is 31.2. The third-order valence-corrected chi connectivity index (χ3v) is 14.9. The minimum absolute atomic E-state index is 0.0346. The summed E-state index contributed by atoms with van der Waals surface area (Å²) in [7, 11) is 1.49. The topological polar surface area (TPSA) is 108 Å². The lowest BCUT2D eigenvalue weighted by atomic mass is 10.0. The van der Waals surface area contributed by atoms with Crippen LogP contribution in [-0.2, 0) is 32.7 Å². The van der Waals surface area contributed by atoms with Crippen molar-refractivity contribution in [3.8, 4) is 0 Å². The summed E-state index contributed by atoms with van der Waals surface area (Å²) in [6.45, 7) is 4.47. The number of allylic oxidation sites excluding steroid dienone is 6. The third kappa shape index (κ3) is 59.3. The quantitative estimate of drug-likeness (QED) is 0.0211. The van der Waals surface area contributed by atoms with Gasteiger partial charge in [0, 0.05) is 12.8 Å². The fourth-order valence-corrected chi connectivity index (χ4v) is 9.83. The Morgan fingerprint density at radius 2 is 0.740 bits per heavy atom. The van der Waals surface area contributed by atoms with E-state index in [9.17, 15) is 19.0 Å². The van der Waals surface area contributed by atoms with Crippen molar-refractivity contribution >= 4 is 19.8 Å². The van der Waals surface area contributed by atoms with E-state index in [4.69, 9.17) is 18.5 Å². The number of phosphoric acid groups is 1. The van der Waals surface area contributed by atoms with Crippen molar-refractivity contribution in [1.29, 1.82) is 0 Å². The smallest absolute Gasteiger partial charge is 0.462 e. The molecule has 430 valence electrons. The number of carbonyl (C=O) groups excluding carboxylic acids is 2. The first kappa shape index (κ1) is 71.2. The van der Waals surface area contributed by atoms with Crippen molar-refractivity contribution in [2.24, 2.45) is 0 Å². The summed E-state index contributed by atoms with van der Waals surface area (Å²) in [5.74, 6) is -0.780. The molecule has 0 saturated carbocycles. The van der Waals surface area contributed by atoms with Crippen LogP contribution in [-0.4, -0.2) is 74.9 Å². The van der Waals surface area contributed by atoms with Crippen LogP contribution in [0.1, 0.15) is 303 Å². The zero-order chi connectivity index (χ0) is 53.5. The van der Waals surface area contributed by atoms with Gasteiger partial charge in [-0.1, -0.05) is 275 Å². The Bertz CT molecular complexity index is 1330. The molecule has 0 amide bonds. The highest BCUT2D eigenvalue weighted by molar-refractivity contribution is 7.47. The fourth-order valence-electron chi connectivity index (χ4n) is 9.08. The highest BCUT2D eigenvalue weighted by atomic mass is 31.2. The zero-order valence-corrected chi connectivity index (χ0v) is 49.8. The molecule has 2 atom stereocenters. The Balaban J connectivity index is 4.01. The molecule has 0 aromatic carbocycles. The number of nitrogens with zero attached hydrogens (tertiary/aromatic N) is 1. The van der Waals surface area contributed by atoms with Crippen LogP contribution in [0.15, 0.2) is 36.5 Å². The molecule has 2 unspecified atom stereocenters. The van der Waals surface area contributed by atoms with Gasteiger partial charge in [-0.15, -0.1) is 0 Å². The number of hydrogen-bond acceptors (Lipinski definition) is 7. The van der Waals surface area contributed by atoms with Crippen LogP contribution >= 0.6 is 7.82 Å². The minimum atomic E-state index is -4.38. The lowest BCUT2D eigenvalue weighted by Gasteiger charge is -2.24. The van der Waals surface area contributed by atoms with Crippen LogP contribution in [0.4, 0.5) is 0 Å². The van der Waals surface area contributed by atoms with Crippen molar-refractivity contribution < 1.29 is 42.1 Å². The molecule has 73 heavy (non-hydrogen) atoms. The van der Waals surface area contributed by atoms with Gasteiger partial charge in [-0.05, 0) is 51.4 Å². The van der Waals surface area contributed by atoms with Gasteiger partial charge < -0.3 is 18.9 Å². The second-order valence-corrected chi connectivity index (χ2v) is 23.9. The first-order chi connectivity index (χ1) is 35.5. The monoisotopic (exact) mass is 1050 g/mol. The van der Waals surface area contributed by atoms with E-state index in [0.717, 1.165) is 44.9 Å². The van der Waals surface area contributed by atoms with Crippen LogP contribution < -0.4 is 0 Å². The van der Waals surface area contributed by atoms with E-state index in [1.54, 1.807) is 0 Å². The molecule has 0 aromatic heterocycles. The molecule has 10 heteroatoms. The van der Waals surface area contributed by atoms with Gasteiger partial charge >= 0.3 is 19.8 Å². The van der Waals surface area contributed by atoms with Gasteiger partial charge in [-0.25, -0.2) is 4.57 Å². The molecular formula is C63H121NO8P+. The highest BCUT2D eigenvalue weighted by Crippen LogP contribution is 2.43. The summed E-state index contributed by atoms with van der Waals surface area (Å²) >= 11 is 0. The number of rotatable bonds is 58. The summed E-state index contributed by atoms with van der Waals surface area (Å²) in [6, 6.07) is 0. The lowest BCUT2D eigenvalue weighted by Crippen LogP contribution is -2.37. The number of likely N-dealkylation sites (N-methyl/N-ethyl adjacent to an activating group) is 1. The maximum Gasteiger partial charge on any atom is 0.472 e. The molecule has 1 N–H and O–H groups in total. The summed E-state index contributed by atoms with van der Waals surface area (Å²) in [5.41, 5.74) is 0. The molecule has 0 aliphatic rings. The van der Waals surface area contributed by atoms with Crippen molar-refractivity contribution in [3.05, 3.63) is 36.5 Å². The number of unbranched alkanes of at least 4 members (excludes halogenated alkanes) is 38. The number of esters is 2. The van der Waals surface area contributed by atoms with Gasteiger partial charge in [0.25, 0.3) is 0 Å². The second kappa shape index (κ2) is 55.0. The number of carbonyl (C=O) groups is 2. The molecule has 0 aliphatic carbocycles. The highest BCUT2D eigenvalue weighted by Gasteiger charge is 2.27. The Morgan fingerprint density at radius 3 is 1.10 bits per heavy atom. The summed E-state index contributed by atoms with van der Waals surface area (Å²) in [6.07, 6.45) is 68.0. The number of hydrogen-bond donors (Lipinski definition) is 1. The molecule has 0 spiro atoms. The largest absolute Gasteiger partial charge is 0.472 e. The normalized spacial score (nSPS) is 13.5. The standard InChI is InChI=1S/C63H120NO8P/c1-6-8-10-12-14-16-18-20-22-24-25-26-27-28-29-30-31-32-33-34-35-36-37-38-39-40-42-44-46-48-50-52-54-56-63(66)72-61(60-71-73(67,68)70-58-57-64(3,4)5)59-69-62(65)55-53-51-49-47-45-43-41-23-21-19-17-15-13-11-9-7-2/h18,20,24-25,27-28,61H,6-17,19,21-23,26,29-60H2,1-5H3/p+1/b20-18-,25-24-,28-27-. The van der Waals surface area contributed by atoms with Crippen LogP contribution in [0.25, 0.3) is 0 Å². The maximum atomic E-state index is 12.8. The van der Waals surface area contributed by atoms with Gasteiger partial charge in [-0.3, -0.25) is 18.6 Å². The van der Waals surface area contributed by atoms with Crippen molar-refractivity contribution in [1.82, 2.24) is 0 Å². The average Bonchev–Trinajstić information content (AvgIpc) is 3.35. The van der Waals surface area contributed by atoms with E-state index in [1.807, 2.05) is 21.1 Å². The van der Waals surface area contributed by atoms with Crippen LogP contribution in [0, 0.1) is 0 Å². The van der Waals surface area contributed by atoms with Gasteiger partial charge in [0.05, 0.1) is 27.7 Å². The van der Waals surface area contributed by atoms with E-state index >= 15 is 0 Å². The predicted octanol–water partition coefficient (Wildman–Crippen LogP) is 19.5. The SMILES string of the molecule is CCCCCCC/C=C\C/C=C\C/C=C\CCCCCCCCCCCCCCCCCCCCC(=O)OC(COC(=O)CCCCCCCCCCCCCCCCCC)COP(=O)(O)OCC[N+](C)(C)C. The molecule has 0 rings (SSSR count). The molecular weight excluding hydrogens is 930 g/mol. The van der Waals surface area contributed by atoms with E-state index in [0.29, 0.717) is 23.9 Å². The summed E-state index contributed by atoms with van der Waals surface area (Å²) < 4.78 is 34.6. The van der Waals surface area contributed by atoms with Crippen LogP contribution in [0.5, 0.6) is 0 Å². The summed E-state index contributed by atoms with van der Waals surface area (Å²) in [4.78, 5) is 35.7. The predicted molar refractivity (Wildman–Crippen MR) is 312 cm³/mol. The molecule has 0 radical (unpaired) electrons. The Kier molecular flexibility index (Phi) is 53.7. The first-order valence-corrected chi connectivity index (χ1v) is 32.7. The van der Waals surface area contributed by atoms with Gasteiger partial charge in [0.2, 0.25) is 0 Å². The van der Waals surface area contributed by atoms with Crippen molar-refractivity contribution in [3.63, 3.8) is 0 Å².